The van der Waals surface area contributed by atoms with Crippen LogP contribution in [0.3, 0.4) is 0 Å². The minimum absolute atomic E-state index is 0.126. The van der Waals surface area contributed by atoms with Crippen molar-refractivity contribution in [2.75, 3.05) is 26.3 Å². The molecule has 1 aromatic rings. The fraction of sp³-hybridized carbons (Fsp3) is 0.500. The van der Waals surface area contributed by atoms with E-state index in [1.54, 1.807) is 6.07 Å². The van der Waals surface area contributed by atoms with Crippen LogP contribution < -0.4 is 4.74 Å². The van der Waals surface area contributed by atoms with Gasteiger partial charge in [0.1, 0.15) is 5.75 Å². The van der Waals surface area contributed by atoms with E-state index in [-0.39, 0.29) is 19.8 Å². The number of rotatable bonds is 7. The van der Waals surface area contributed by atoms with E-state index < -0.39 is 18.9 Å². The van der Waals surface area contributed by atoms with Gasteiger partial charge in [-0.2, -0.15) is 0 Å². The molecular weight excluding hydrogens is 268 g/mol. The summed E-state index contributed by atoms with van der Waals surface area (Å²) in [6.45, 7) is 2.22. The number of carbonyl (C=O) groups is 1. The van der Waals surface area contributed by atoms with Crippen molar-refractivity contribution < 1.29 is 23.4 Å². The Labute approximate surface area is 117 Å². The molecular formula is C14H19F2NO3. The molecule has 0 aliphatic carbocycles. The van der Waals surface area contributed by atoms with Gasteiger partial charge in [-0.3, -0.25) is 4.79 Å². The maximum atomic E-state index is 12.3. The third-order valence-corrected chi connectivity index (χ3v) is 2.78. The van der Waals surface area contributed by atoms with Crippen LogP contribution in [-0.4, -0.2) is 48.6 Å². The van der Waals surface area contributed by atoms with Gasteiger partial charge < -0.3 is 14.7 Å². The van der Waals surface area contributed by atoms with Gasteiger partial charge in [0.15, 0.2) is 6.61 Å². The lowest BCUT2D eigenvalue weighted by molar-refractivity contribution is -0.135. The van der Waals surface area contributed by atoms with Gasteiger partial charge in [0.2, 0.25) is 0 Å². The molecule has 20 heavy (non-hydrogen) atoms. The second-order valence-corrected chi connectivity index (χ2v) is 4.51. The van der Waals surface area contributed by atoms with Gasteiger partial charge >= 0.3 is 0 Å². The molecule has 4 nitrogen and oxygen atoms in total. The van der Waals surface area contributed by atoms with Gasteiger partial charge in [-0.15, -0.1) is 0 Å². The summed E-state index contributed by atoms with van der Waals surface area (Å²) in [4.78, 5) is 12.7. The molecule has 1 aromatic carbocycles. The molecule has 0 unspecified atom stereocenters. The number of hydrogen-bond acceptors (Lipinski definition) is 3. The van der Waals surface area contributed by atoms with Crippen LogP contribution in [0.4, 0.5) is 8.78 Å². The van der Waals surface area contributed by atoms with E-state index >= 15 is 0 Å². The molecule has 0 aliphatic heterocycles. The first kappa shape index (κ1) is 16.4. The predicted octanol–water partition coefficient (Wildman–Crippen LogP) is 1.77. The summed E-state index contributed by atoms with van der Waals surface area (Å²) in [6.07, 6.45) is -2.63. The van der Waals surface area contributed by atoms with Crippen molar-refractivity contribution in [2.24, 2.45) is 0 Å². The molecule has 1 N–H and O–H groups in total. The van der Waals surface area contributed by atoms with Crippen molar-refractivity contribution in [3.8, 4) is 5.75 Å². The molecule has 0 aromatic heterocycles. The Morgan fingerprint density at radius 3 is 2.70 bits per heavy atom. The predicted molar refractivity (Wildman–Crippen MR) is 71.1 cm³/mol. The summed E-state index contributed by atoms with van der Waals surface area (Å²) in [7, 11) is 0. The fourth-order valence-electron chi connectivity index (χ4n) is 1.70. The fourth-order valence-corrected chi connectivity index (χ4v) is 1.70. The summed E-state index contributed by atoms with van der Waals surface area (Å²) >= 11 is 0. The van der Waals surface area contributed by atoms with Crippen LogP contribution in [0.15, 0.2) is 18.2 Å². The Morgan fingerprint density at radius 2 is 2.10 bits per heavy atom. The third-order valence-electron chi connectivity index (χ3n) is 2.78. The number of ether oxygens (including phenoxy) is 1. The number of aryl methyl sites for hydroxylation is 2. The van der Waals surface area contributed by atoms with Gasteiger partial charge in [-0.25, -0.2) is 8.78 Å². The number of alkyl halides is 2. The summed E-state index contributed by atoms with van der Waals surface area (Å²) in [6, 6.07) is 5.56. The average molecular weight is 287 g/mol. The van der Waals surface area contributed by atoms with Gasteiger partial charge in [-0.05, 0) is 31.0 Å². The smallest absolute Gasteiger partial charge is 0.260 e. The molecule has 0 saturated heterocycles. The van der Waals surface area contributed by atoms with E-state index in [9.17, 15) is 13.6 Å². The normalized spacial score (nSPS) is 10.7. The Kier molecular flexibility index (Phi) is 6.38. The Bertz CT molecular complexity index is 452. The van der Waals surface area contributed by atoms with Crippen molar-refractivity contribution in [1.29, 1.82) is 0 Å². The van der Waals surface area contributed by atoms with Gasteiger partial charge in [0.05, 0.1) is 13.2 Å². The van der Waals surface area contributed by atoms with Crippen molar-refractivity contribution in [3.63, 3.8) is 0 Å². The highest BCUT2D eigenvalue weighted by Crippen LogP contribution is 2.19. The lowest BCUT2D eigenvalue weighted by Crippen LogP contribution is -2.40. The van der Waals surface area contributed by atoms with E-state index in [0.717, 1.165) is 16.0 Å². The molecule has 0 spiro atoms. The molecule has 0 atom stereocenters. The topological polar surface area (TPSA) is 49.8 Å². The number of halogens is 2. The zero-order valence-electron chi connectivity index (χ0n) is 11.6. The average Bonchev–Trinajstić information content (AvgIpc) is 2.38. The SMILES string of the molecule is Cc1ccc(C)c(OCC(=O)N(CCO)CC(F)F)c1. The van der Waals surface area contributed by atoms with Crippen LogP contribution in [-0.2, 0) is 4.79 Å². The number of aliphatic hydroxyl groups is 1. The molecule has 0 fully saturated rings. The summed E-state index contributed by atoms with van der Waals surface area (Å²) in [5.74, 6) is -0.0143. The third kappa shape index (κ3) is 5.13. The van der Waals surface area contributed by atoms with Gasteiger partial charge in [0.25, 0.3) is 12.3 Å². The monoisotopic (exact) mass is 287 g/mol. The Morgan fingerprint density at radius 1 is 1.40 bits per heavy atom. The van der Waals surface area contributed by atoms with E-state index in [0.29, 0.717) is 5.75 Å². The minimum Gasteiger partial charge on any atom is -0.483 e. The molecule has 0 aliphatic rings. The largest absolute Gasteiger partial charge is 0.483 e. The summed E-state index contributed by atoms with van der Waals surface area (Å²) in [5.41, 5.74) is 1.85. The number of carbonyl (C=O) groups excluding carboxylic acids is 1. The van der Waals surface area contributed by atoms with Crippen LogP contribution in [0.2, 0.25) is 0 Å². The van der Waals surface area contributed by atoms with Crippen molar-refractivity contribution in [2.45, 2.75) is 20.3 Å². The molecule has 6 heteroatoms. The number of hydrogen-bond donors (Lipinski definition) is 1. The number of aliphatic hydroxyl groups excluding tert-OH is 1. The second-order valence-electron chi connectivity index (χ2n) is 4.51. The zero-order chi connectivity index (χ0) is 15.1. The highest BCUT2D eigenvalue weighted by atomic mass is 19.3. The highest BCUT2D eigenvalue weighted by molar-refractivity contribution is 5.77. The minimum atomic E-state index is -2.63. The molecule has 0 radical (unpaired) electrons. The van der Waals surface area contributed by atoms with E-state index in [4.69, 9.17) is 9.84 Å². The maximum absolute atomic E-state index is 12.3. The first-order chi connectivity index (χ1) is 9.43. The van der Waals surface area contributed by atoms with Gasteiger partial charge in [0, 0.05) is 6.54 Å². The number of amides is 1. The van der Waals surface area contributed by atoms with Crippen LogP contribution in [0.1, 0.15) is 11.1 Å². The molecule has 1 amide bonds. The van der Waals surface area contributed by atoms with E-state index in [1.807, 2.05) is 26.0 Å². The lowest BCUT2D eigenvalue weighted by Gasteiger charge is -2.21. The number of benzene rings is 1. The molecule has 0 heterocycles. The molecule has 0 bridgehead atoms. The van der Waals surface area contributed by atoms with Crippen LogP contribution >= 0.6 is 0 Å². The second kappa shape index (κ2) is 7.79. The lowest BCUT2D eigenvalue weighted by atomic mass is 10.1. The van der Waals surface area contributed by atoms with E-state index in [2.05, 4.69) is 0 Å². The van der Waals surface area contributed by atoms with Crippen molar-refractivity contribution in [1.82, 2.24) is 4.90 Å². The van der Waals surface area contributed by atoms with Crippen LogP contribution in [0.5, 0.6) is 5.75 Å². The summed E-state index contributed by atoms with van der Waals surface area (Å²) < 4.78 is 30.0. The van der Waals surface area contributed by atoms with Crippen molar-refractivity contribution >= 4 is 5.91 Å². The Balaban J connectivity index is 2.62. The standard InChI is InChI=1S/C14H19F2NO3/c1-10-3-4-11(2)12(7-10)20-9-14(19)17(5-6-18)8-13(15)16/h3-4,7,13,18H,5-6,8-9H2,1-2H3. The summed E-state index contributed by atoms with van der Waals surface area (Å²) in [5, 5.41) is 8.78. The molecule has 112 valence electrons. The molecule has 1 rings (SSSR count). The zero-order valence-corrected chi connectivity index (χ0v) is 11.6. The molecule has 0 saturated carbocycles. The first-order valence-electron chi connectivity index (χ1n) is 6.31. The van der Waals surface area contributed by atoms with Crippen LogP contribution in [0.25, 0.3) is 0 Å². The Hall–Kier alpha value is -1.69. The van der Waals surface area contributed by atoms with Crippen LogP contribution in [0, 0.1) is 13.8 Å². The maximum Gasteiger partial charge on any atom is 0.260 e. The van der Waals surface area contributed by atoms with Crippen molar-refractivity contribution in [3.05, 3.63) is 29.3 Å². The quantitative estimate of drug-likeness (QED) is 0.831. The van der Waals surface area contributed by atoms with E-state index in [1.165, 1.54) is 0 Å². The first-order valence-corrected chi connectivity index (χ1v) is 6.31. The highest BCUT2D eigenvalue weighted by Gasteiger charge is 2.18. The van der Waals surface area contributed by atoms with Gasteiger partial charge in [-0.1, -0.05) is 12.1 Å². The number of nitrogens with zero attached hydrogens (tertiary/aromatic N) is 1.